The summed E-state index contributed by atoms with van der Waals surface area (Å²) in [4.78, 5) is 5.92. The number of aromatic nitrogens is 1. The molecule has 0 spiro atoms. The molecule has 0 amide bonds. The van der Waals surface area contributed by atoms with Crippen molar-refractivity contribution in [1.29, 1.82) is 0 Å². The lowest BCUT2D eigenvalue weighted by molar-refractivity contribution is 0.676. The lowest BCUT2D eigenvalue weighted by atomic mass is 10.2. The highest BCUT2D eigenvalue weighted by atomic mass is 79.9. The van der Waals surface area contributed by atoms with Crippen LogP contribution in [0.25, 0.3) is 10.6 Å². The van der Waals surface area contributed by atoms with Gasteiger partial charge in [-0.3, -0.25) is 0 Å². The molecule has 1 N–H and O–H groups in total. The molecule has 0 aliphatic heterocycles. The van der Waals surface area contributed by atoms with Crippen LogP contribution in [0.15, 0.2) is 21.3 Å². The number of hydrogen-bond acceptors (Lipinski definition) is 4. The molecule has 5 heteroatoms. The summed E-state index contributed by atoms with van der Waals surface area (Å²) in [6.45, 7) is 1.09. The molecule has 2 heterocycles. The molecule has 0 aliphatic rings. The number of rotatable bonds is 6. The van der Waals surface area contributed by atoms with Gasteiger partial charge >= 0.3 is 0 Å². The summed E-state index contributed by atoms with van der Waals surface area (Å²) in [6.07, 6.45) is 3.52. The molecule has 0 aromatic carbocycles. The molecule has 2 aromatic rings. The molecule has 0 saturated carbocycles. The summed E-state index contributed by atoms with van der Waals surface area (Å²) < 4.78 is 1.14. The molecule has 0 radical (unpaired) electrons. The molecule has 0 unspecified atom stereocenters. The van der Waals surface area contributed by atoms with Gasteiger partial charge in [-0.15, -0.1) is 22.7 Å². The fourth-order valence-electron chi connectivity index (χ4n) is 1.56. The molecular formula is C12H15BrN2S2. The van der Waals surface area contributed by atoms with Crippen molar-refractivity contribution in [2.75, 3.05) is 13.6 Å². The van der Waals surface area contributed by atoms with Crippen molar-refractivity contribution in [3.8, 4) is 10.6 Å². The van der Waals surface area contributed by atoms with Crippen molar-refractivity contribution in [3.05, 3.63) is 26.3 Å². The normalized spacial score (nSPS) is 10.9. The Morgan fingerprint density at radius 2 is 2.18 bits per heavy atom. The van der Waals surface area contributed by atoms with Crippen molar-refractivity contribution < 1.29 is 0 Å². The van der Waals surface area contributed by atoms with E-state index in [2.05, 4.69) is 43.1 Å². The van der Waals surface area contributed by atoms with Crippen molar-refractivity contribution in [3.63, 3.8) is 0 Å². The predicted octanol–water partition coefficient (Wildman–Crippen LogP) is 4.18. The van der Waals surface area contributed by atoms with Crippen LogP contribution in [0.2, 0.25) is 0 Å². The van der Waals surface area contributed by atoms with Gasteiger partial charge in [-0.05, 0) is 54.9 Å². The van der Waals surface area contributed by atoms with E-state index < -0.39 is 0 Å². The number of hydrogen-bond donors (Lipinski definition) is 1. The van der Waals surface area contributed by atoms with Gasteiger partial charge in [-0.1, -0.05) is 0 Å². The van der Waals surface area contributed by atoms with Gasteiger partial charge in [-0.2, -0.15) is 0 Å². The molecule has 92 valence electrons. The average Bonchev–Trinajstić information content (AvgIpc) is 2.93. The van der Waals surface area contributed by atoms with Crippen LogP contribution in [-0.4, -0.2) is 18.6 Å². The van der Waals surface area contributed by atoms with Crippen LogP contribution >= 0.6 is 38.6 Å². The first-order valence-electron chi connectivity index (χ1n) is 5.63. The van der Waals surface area contributed by atoms with E-state index >= 15 is 0 Å². The Bertz CT molecular complexity index is 465. The van der Waals surface area contributed by atoms with E-state index in [1.54, 1.807) is 22.7 Å². The highest BCUT2D eigenvalue weighted by Gasteiger charge is 2.06. The summed E-state index contributed by atoms with van der Waals surface area (Å²) in [6, 6.07) is 2.13. The van der Waals surface area contributed by atoms with Crippen LogP contribution in [0.4, 0.5) is 0 Å². The standard InChI is InChI=1S/C12H15BrN2S2/c1-14-5-3-2-4-12-15-10(8-17-12)11-6-9(13)7-16-11/h6-8,14H,2-5H2,1H3. The van der Waals surface area contributed by atoms with Gasteiger partial charge < -0.3 is 5.32 Å². The minimum absolute atomic E-state index is 1.09. The lowest BCUT2D eigenvalue weighted by Crippen LogP contribution is -2.07. The van der Waals surface area contributed by atoms with Gasteiger partial charge in [0, 0.05) is 15.2 Å². The number of aryl methyl sites for hydroxylation is 1. The zero-order valence-electron chi connectivity index (χ0n) is 9.70. The Hall–Kier alpha value is -0.230. The summed E-state index contributed by atoms with van der Waals surface area (Å²) in [5.41, 5.74) is 1.12. The largest absolute Gasteiger partial charge is 0.320 e. The predicted molar refractivity (Wildman–Crippen MR) is 80.0 cm³/mol. The molecule has 0 bridgehead atoms. The smallest absolute Gasteiger partial charge is 0.0932 e. The fourth-order valence-corrected chi connectivity index (χ4v) is 3.87. The third-order valence-electron chi connectivity index (χ3n) is 2.44. The van der Waals surface area contributed by atoms with E-state index in [1.165, 1.54) is 22.7 Å². The molecule has 0 fully saturated rings. The first-order chi connectivity index (χ1) is 8.29. The highest BCUT2D eigenvalue weighted by Crippen LogP contribution is 2.30. The maximum absolute atomic E-state index is 4.68. The molecule has 2 aromatic heterocycles. The minimum atomic E-state index is 1.09. The molecule has 0 saturated heterocycles. The number of thiophene rings is 1. The highest BCUT2D eigenvalue weighted by molar-refractivity contribution is 9.10. The monoisotopic (exact) mass is 330 g/mol. The van der Waals surface area contributed by atoms with Crippen LogP contribution in [-0.2, 0) is 6.42 Å². The van der Waals surface area contributed by atoms with Crippen molar-refractivity contribution in [2.24, 2.45) is 0 Å². The van der Waals surface area contributed by atoms with Crippen molar-refractivity contribution in [1.82, 2.24) is 10.3 Å². The third kappa shape index (κ3) is 3.88. The van der Waals surface area contributed by atoms with Crippen LogP contribution in [0, 0.1) is 0 Å². The Kier molecular flexibility index (Phi) is 5.16. The van der Waals surface area contributed by atoms with E-state index in [0.29, 0.717) is 0 Å². The van der Waals surface area contributed by atoms with Crippen LogP contribution < -0.4 is 5.32 Å². The maximum Gasteiger partial charge on any atom is 0.0932 e. The molecular weight excluding hydrogens is 316 g/mol. The van der Waals surface area contributed by atoms with Crippen molar-refractivity contribution in [2.45, 2.75) is 19.3 Å². The van der Waals surface area contributed by atoms with Gasteiger partial charge in [0.15, 0.2) is 0 Å². The number of halogens is 1. The molecule has 2 rings (SSSR count). The zero-order chi connectivity index (χ0) is 12.1. The summed E-state index contributed by atoms with van der Waals surface area (Å²) in [5.74, 6) is 0. The van der Waals surface area contributed by atoms with Crippen LogP contribution in [0.5, 0.6) is 0 Å². The van der Waals surface area contributed by atoms with E-state index in [-0.39, 0.29) is 0 Å². The molecule has 17 heavy (non-hydrogen) atoms. The van der Waals surface area contributed by atoms with E-state index in [9.17, 15) is 0 Å². The van der Waals surface area contributed by atoms with Gasteiger partial charge in [0.1, 0.15) is 0 Å². The minimum Gasteiger partial charge on any atom is -0.320 e. The van der Waals surface area contributed by atoms with Gasteiger partial charge in [0.25, 0.3) is 0 Å². The Morgan fingerprint density at radius 3 is 2.88 bits per heavy atom. The second kappa shape index (κ2) is 6.64. The van der Waals surface area contributed by atoms with Gasteiger partial charge in [0.05, 0.1) is 15.6 Å². The van der Waals surface area contributed by atoms with E-state index in [0.717, 1.165) is 23.1 Å². The quantitative estimate of drug-likeness (QED) is 0.804. The fraction of sp³-hybridized carbons (Fsp3) is 0.417. The second-order valence-electron chi connectivity index (χ2n) is 3.82. The molecule has 0 atom stereocenters. The first-order valence-corrected chi connectivity index (χ1v) is 8.18. The SMILES string of the molecule is CNCCCCc1nc(-c2cc(Br)cs2)cs1. The second-order valence-corrected chi connectivity index (χ2v) is 6.59. The Morgan fingerprint density at radius 1 is 1.29 bits per heavy atom. The Labute approximate surface area is 118 Å². The molecule has 0 aliphatic carbocycles. The van der Waals surface area contributed by atoms with Gasteiger partial charge in [0.2, 0.25) is 0 Å². The zero-order valence-corrected chi connectivity index (χ0v) is 12.9. The van der Waals surface area contributed by atoms with Crippen LogP contribution in [0.3, 0.4) is 0 Å². The summed E-state index contributed by atoms with van der Waals surface area (Å²) in [5, 5.41) is 8.67. The Balaban J connectivity index is 1.92. The van der Waals surface area contributed by atoms with Crippen LogP contribution in [0.1, 0.15) is 17.8 Å². The maximum atomic E-state index is 4.68. The summed E-state index contributed by atoms with van der Waals surface area (Å²) >= 11 is 6.98. The number of nitrogens with one attached hydrogen (secondary N) is 1. The van der Waals surface area contributed by atoms with E-state index in [1.807, 2.05) is 7.05 Å². The van der Waals surface area contributed by atoms with Crippen molar-refractivity contribution >= 4 is 38.6 Å². The number of unbranched alkanes of at least 4 members (excludes halogenated alkanes) is 1. The molecule has 2 nitrogen and oxygen atoms in total. The average molecular weight is 331 g/mol. The van der Waals surface area contributed by atoms with E-state index in [4.69, 9.17) is 0 Å². The number of nitrogens with zero attached hydrogens (tertiary/aromatic N) is 1. The van der Waals surface area contributed by atoms with Gasteiger partial charge in [-0.25, -0.2) is 4.98 Å². The lowest BCUT2D eigenvalue weighted by Gasteiger charge is -1.97. The first kappa shape index (κ1) is 13.2. The third-order valence-corrected chi connectivity index (χ3v) is 5.06. The summed E-state index contributed by atoms with van der Waals surface area (Å²) in [7, 11) is 2.00. The topological polar surface area (TPSA) is 24.9 Å². The number of thiazole rings is 1.